The Hall–Kier alpha value is -2.30. The zero-order chi connectivity index (χ0) is 13.8. The maximum atomic E-state index is 13.0. The summed E-state index contributed by atoms with van der Waals surface area (Å²) >= 11 is 0. The number of hydrogen-bond acceptors (Lipinski definition) is 2. The van der Waals surface area contributed by atoms with Crippen LogP contribution in [0, 0.1) is 11.6 Å². The number of carbonyl (C=O) groups excluding carboxylic acids is 1. The average Bonchev–Trinajstić information content (AvgIpc) is 2.38. The molecule has 19 heavy (non-hydrogen) atoms. The quantitative estimate of drug-likeness (QED) is 0.924. The molecule has 0 unspecified atom stereocenters. The predicted molar refractivity (Wildman–Crippen MR) is 66.5 cm³/mol. The number of carbonyl (C=O) groups is 1. The minimum Gasteiger partial charge on any atom is -0.346 e. The van der Waals surface area contributed by atoms with Gasteiger partial charge in [-0.3, -0.25) is 9.78 Å². The molecule has 1 heterocycles. The Morgan fingerprint density at radius 3 is 2.32 bits per heavy atom. The van der Waals surface area contributed by atoms with Crippen LogP contribution >= 0.6 is 0 Å². The number of aromatic nitrogens is 1. The molecule has 1 atom stereocenters. The molecule has 0 aliphatic heterocycles. The summed E-state index contributed by atoms with van der Waals surface area (Å²) in [5, 5.41) is 2.67. The van der Waals surface area contributed by atoms with Crippen LogP contribution in [0.3, 0.4) is 0 Å². The van der Waals surface area contributed by atoms with E-state index in [2.05, 4.69) is 10.3 Å². The maximum absolute atomic E-state index is 13.0. The van der Waals surface area contributed by atoms with Gasteiger partial charge in [-0.05, 0) is 36.8 Å². The first-order valence-corrected chi connectivity index (χ1v) is 5.73. The lowest BCUT2D eigenvalue weighted by Gasteiger charge is -2.14. The maximum Gasteiger partial charge on any atom is 0.251 e. The highest BCUT2D eigenvalue weighted by molar-refractivity contribution is 5.94. The van der Waals surface area contributed by atoms with Crippen molar-refractivity contribution in [1.29, 1.82) is 0 Å². The summed E-state index contributed by atoms with van der Waals surface area (Å²) in [6.45, 7) is 1.78. The number of pyridine rings is 1. The molecule has 0 saturated heterocycles. The van der Waals surface area contributed by atoms with E-state index < -0.39 is 17.5 Å². The van der Waals surface area contributed by atoms with Gasteiger partial charge in [-0.1, -0.05) is 0 Å². The van der Waals surface area contributed by atoms with E-state index >= 15 is 0 Å². The normalized spacial score (nSPS) is 11.9. The molecule has 2 aromatic rings. The zero-order valence-electron chi connectivity index (χ0n) is 10.2. The van der Waals surface area contributed by atoms with Crippen LogP contribution in [0.15, 0.2) is 42.7 Å². The van der Waals surface area contributed by atoms with Crippen molar-refractivity contribution in [2.24, 2.45) is 0 Å². The van der Waals surface area contributed by atoms with Gasteiger partial charge in [0.05, 0.1) is 6.04 Å². The highest BCUT2D eigenvalue weighted by Crippen LogP contribution is 2.13. The average molecular weight is 262 g/mol. The van der Waals surface area contributed by atoms with E-state index in [0.717, 1.165) is 23.8 Å². The van der Waals surface area contributed by atoms with E-state index in [4.69, 9.17) is 0 Å². The van der Waals surface area contributed by atoms with Gasteiger partial charge in [0.25, 0.3) is 5.91 Å². The number of nitrogens with one attached hydrogen (secondary N) is 1. The Kier molecular flexibility index (Phi) is 3.85. The molecule has 0 spiro atoms. The van der Waals surface area contributed by atoms with Gasteiger partial charge >= 0.3 is 0 Å². The number of nitrogens with zero attached hydrogens (tertiary/aromatic N) is 1. The van der Waals surface area contributed by atoms with Gasteiger partial charge < -0.3 is 5.32 Å². The van der Waals surface area contributed by atoms with E-state index in [1.54, 1.807) is 31.5 Å². The highest BCUT2D eigenvalue weighted by Gasteiger charge is 2.13. The van der Waals surface area contributed by atoms with Crippen LogP contribution in [0.1, 0.15) is 28.9 Å². The first-order chi connectivity index (χ1) is 9.06. The number of benzene rings is 1. The van der Waals surface area contributed by atoms with Gasteiger partial charge in [0.15, 0.2) is 0 Å². The molecule has 1 aromatic carbocycles. The van der Waals surface area contributed by atoms with Crippen molar-refractivity contribution in [2.75, 3.05) is 0 Å². The van der Waals surface area contributed by atoms with E-state index in [-0.39, 0.29) is 11.6 Å². The third kappa shape index (κ3) is 3.34. The molecule has 1 amide bonds. The Morgan fingerprint density at radius 1 is 1.16 bits per heavy atom. The summed E-state index contributed by atoms with van der Waals surface area (Å²) in [5.41, 5.74) is 0.818. The summed E-state index contributed by atoms with van der Waals surface area (Å²) < 4.78 is 26.0. The van der Waals surface area contributed by atoms with Gasteiger partial charge in [0.1, 0.15) is 11.6 Å². The number of rotatable bonds is 3. The second-order valence-corrected chi connectivity index (χ2v) is 4.13. The summed E-state index contributed by atoms with van der Waals surface area (Å²) in [6.07, 6.45) is 3.22. The molecular formula is C14H12F2N2O. The molecule has 0 bridgehead atoms. The predicted octanol–water partition coefficient (Wildman–Crippen LogP) is 2.85. The standard InChI is InChI=1S/C14H12F2N2O/c1-9(10-2-4-17-5-3-10)18-14(19)11-6-12(15)8-13(16)7-11/h2-9H,1H3,(H,18,19)/t9-/m1/s1. The molecule has 0 saturated carbocycles. The van der Waals surface area contributed by atoms with E-state index in [0.29, 0.717) is 0 Å². The molecule has 0 aliphatic carbocycles. The van der Waals surface area contributed by atoms with Crippen molar-refractivity contribution in [1.82, 2.24) is 10.3 Å². The largest absolute Gasteiger partial charge is 0.346 e. The fourth-order valence-corrected chi connectivity index (χ4v) is 1.70. The fraction of sp³-hybridized carbons (Fsp3) is 0.143. The molecule has 2 rings (SSSR count). The van der Waals surface area contributed by atoms with Gasteiger partial charge in [-0.15, -0.1) is 0 Å². The summed E-state index contributed by atoms with van der Waals surface area (Å²) in [5.74, 6) is -2.08. The van der Waals surface area contributed by atoms with Crippen LogP contribution in [-0.2, 0) is 0 Å². The summed E-state index contributed by atoms with van der Waals surface area (Å²) in [4.78, 5) is 15.7. The number of amides is 1. The van der Waals surface area contributed by atoms with E-state index in [1.165, 1.54) is 0 Å². The van der Waals surface area contributed by atoms with Gasteiger partial charge in [0, 0.05) is 24.0 Å². The third-order valence-electron chi connectivity index (χ3n) is 2.68. The second-order valence-electron chi connectivity index (χ2n) is 4.13. The van der Waals surface area contributed by atoms with E-state index in [9.17, 15) is 13.6 Å². The Bertz CT molecular complexity index is 567. The lowest BCUT2D eigenvalue weighted by molar-refractivity contribution is 0.0939. The van der Waals surface area contributed by atoms with Gasteiger partial charge in [-0.2, -0.15) is 0 Å². The summed E-state index contributed by atoms with van der Waals surface area (Å²) in [7, 11) is 0. The Labute approximate surface area is 109 Å². The molecule has 0 aliphatic rings. The molecule has 0 radical (unpaired) electrons. The van der Waals surface area contributed by atoms with Crippen LogP contribution in [0.5, 0.6) is 0 Å². The van der Waals surface area contributed by atoms with Crippen molar-refractivity contribution in [3.8, 4) is 0 Å². The molecule has 5 heteroatoms. The first kappa shape index (κ1) is 13.1. The van der Waals surface area contributed by atoms with Crippen LogP contribution in [-0.4, -0.2) is 10.9 Å². The van der Waals surface area contributed by atoms with Crippen molar-refractivity contribution < 1.29 is 13.6 Å². The fourth-order valence-electron chi connectivity index (χ4n) is 1.70. The SMILES string of the molecule is C[C@@H](NC(=O)c1cc(F)cc(F)c1)c1ccncc1. The molecule has 0 fully saturated rings. The van der Waals surface area contributed by atoms with Crippen molar-refractivity contribution in [3.05, 3.63) is 65.5 Å². The second kappa shape index (κ2) is 5.56. The van der Waals surface area contributed by atoms with Gasteiger partial charge in [-0.25, -0.2) is 8.78 Å². The third-order valence-corrected chi connectivity index (χ3v) is 2.68. The Balaban J connectivity index is 2.13. The first-order valence-electron chi connectivity index (χ1n) is 5.73. The minimum absolute atomic E-state index is 0.0431. The monoisotopic (exact) mass is 262 g/mol. The van der Waals surface area contributed by atoms with Crippen molar-refractivity contribution in [2.45, 2.75) is 13.0 Å². The Morgan fingerprint density at radius 2 is 1.74 bits per heavy atom. The van der Waals surface area contributed by atoms with Crippen molar-refractivity contribution >= 4 is 5.91 Å². The molecule has 3 nitrogen and oxygen atoms in total. The van der Waals surface area contributed by atoms with Crippen LogP contribution in [0.2, 0.25) is 0 Å². The van der Waals surface area contributed by atoms with Crippen LogP contribution < -0.4 is 5.32 Å². The minimum atomic E-state index is -0.776. The lowest BCUT2D eigenvalue weighted by Crippen LogP contribution is -2.26. The lowest BCUT2D eigenvalue weighted by atomic mass is 10.1. The molecule has 98 valence electrons. The van der Waals surface area contributed by atoms with E-state index in [1.807, 2.05) is 0 Å². The zero-order valence-corrected chi connectivity index (χ0v) is 10.2. The van der Waals surface area contributed by atoms with Crippen LogP contribution in [0.25, 0.3) is 0 Å². The number of hydrogen-bond donors (Lipinski definition) is 1. The topological polar surface area (TPSA) is 42.0 Å². The molecule has 1 N–H and O–H groups in total. The van der Waals surface area contributed by atoms with Crippen LogP contribution in [0.4, 0.5) is 8.78 Å². The highest BCUT2D eigenvalue weighted by atomic mass is 19.1. The molecule has 1 aromatic heterocycles. The smallest absolute Gasteiger partial charge is 0.251 e. The van der Waals surface area contributed by atoms with Crippen molar-refractivity contribution in [3.63, 3.8) is 0 Å². The molecular weight excluding hydrogens is 250 g/mol. The summed E-state index contributed by atoms with van der Waals surface area (Å²) in [6, 6.07) is 5.97. The number of halogens is 2. The van der Waals surface area contributed by atoms with Gasteiger partial charge in [0.2, 0.25) is 0 Å².